The van der Waals surface area contributed by atoms with Crippen molar-refractivity contribution in [2.75, 3.05) is 10.6 Å². The minimum Gasteiger partial charge on any atom is -0.481 e. The van der Waals surface area contributed by atoms with Crippen molar-refractivity contribution >= 4 is 29.2 Å². The molecule has 0 heterocycles. The fraction of sp³-hybridized carbons (Fsp3) is 0.222. The van der Waals surface area contributed by atoms with Crippen molar-refractivity contribution in [3.05, 3.63) is 83.4 Å². The van der Waals surface area contributed by atoms with E-state index in [2.05, 4.69) is 10.6 Å². The summed E-state index contributed by atoms with van der Waals surface area (Å²) in [5, 5.41) is 14.2. The second-order valence-electron chi connectivity index (χ2n) is 8.82. The lowest BCUT2D eigenvalue weighted by Gasteiger charge is -2.23. The Balaban J connectivity index is 1.45. The molecule has 1 aliphatic carbocycles. The Morgan fingerprint density at radius 1 is 0.944 bits per heavy atom. The number of carboxylic acid groups (broad SMARTS) is 1. The zero-order chi connectivity index (χ0) is 26.1. The van der Waals surface area contributed by atoms with E-state index in [9.17, 15) is 32.7 Å². The van der Waals surface area contributed by atoms with Crippen LogP contribution in [0.25, 0.3) is 11.1 Å². The van der Waals surface area contributed by atoms with Crippen molar-refractivity contribution in [2.45, 2.75) is 32.4 Å². The lowest BCUT2D eigenvalue weighted by Crippen LogP contribution is -2.30. The number of hydrogen-bond donors (Lipinski definition) is 3. The highest BCUT2D eigenvalue weighted by molar-refractivity contribution is 6.06. The molecule has 0 saturated carbocycles. The van der Waals surface area contributed by atoms with Crippen LogP contribution in [0.5, 0.6) is 0 Å². The number of rotatable bonds is 6. The molecule has 1 atom stereocenters. The highest BCUT2D eigenvalue weighted by atomic mass is 19.4. The summed E-state index contributed by atoms with van der Waals surface area (Å²) in [6.45, 7) is 1.82. The number of carbonyl (C=O) groups is 3. The topological polar surface area (TPSA) is 95.5 Å². The van der Waals surface area contributed by atoms with E-state index in [-0.39, 0.29) is 17.9 Å². The van der Waals surface area contributed by atoms with Crippen LogP contribution in [0, 0.1) is 5.41 Å². The van der Waals surface area contributed by atoms with Gasteiger partial charge < -0.3 is 15.7 Å². The highest BCUT2D eigenvalue weighted by Crippen LogP contribution is 2.43. The number of urea groups is 1. The van der Waals surface area contributed by atoms with E-state index in [0.29, 0.717) is 24.1 Å². The standard InChI is InChI=1S/C27H23F3N2O4/c1-2-26(15-23(33)34)14-18-12-17(8-11-22(18)24(26)35)16-6-9-20(10-7-16)31-25(36)32-21-5-3-4-19(13-21)27(28,29)30/h3-13H,2,14-15H2,1H3,(H,33,34)(H2,31,32,36). The van der Waals surface area contributed by atoms with Gasteiger partial charge in [0.1, 0.15) is 0 Å². The molecule has 4 rings (SSSR count). The number of ketones is 1. The van der Waals surface area contributed by atoms with Gasteiger partial charge >= 0.3 is 18.2 Å². The second-order valence-corrected chi connectivity index (χ2v) is 8.82. The Morgan fingerprint density at radius 3 is 2.25 bits per heavy atom. The first-order valence-electron chi connectivity index (χ1n) is 11.3. The maximum Gasteiger partial charge on any atom is 0.416 e. The van der Waals surface area contributed by atoms with Crippen molar-refractivity contribution in [1.82, 2.24) is 0 Å². The van der Waals surface area contributed by atoms with Gasteiger partial charge in [-0.05, 0) is 59.9 Å². The molecule has 2 amide bonds. The van der Waals surface area contributed by atoms with E-state index in [4.69, 9.17) is 0 Å². The molecule has 0 bridgehead atoms. The van der Waals surface area contributed by atoms with E-state index in [1.165, 1.54) is 12.1 Å². The maximum absolute atomic E-state index is 12.9. The zero-order valence-corrected chi connectivity index (χ0v) is 19.3. The third-order valence-electron chi connectivity index (χ3n) is 6.45. The van der Waals surface area contributed by atoms with E-state index in [0.717, 1.165) is 28.8 Å². The van der Waals surface area contributed by atoms with Crippen molar-refractivity contribution in [3.63, 3.8) is 0 Å². The first kappa shape index (κ1) is 25.0. The van der Waals surface area contributed by atoms with Crippen molar-refractivity contribution < 1.29 is 32.7 Å². The number of benzene rings is 3. The molecule has 6 nitrogen and oxygen atoms in total. The number of alkyl halides is 3. The predicted octanol–water partition coefficient (Wildman–Crippen LogP) is 6.63. The van der Waals surface area contributed by atoms with Crippen LogP contribution in [0.3, 0.4) is 0 Å². The predicted molar refractivity (Wildman–Crippen MR) is 129 cm³/mol. The Kier molecular flexibility index (Phi) is 6.58. The SMILES string of the molecule is CCC1(CC(=O)O)Cc2cc(-c3ccc(NC(=O)Nc4cccc(C(F)(F)F)c4)cc3)ccc2C1=O. The smallest absolute Gasteiger partial charge is 0.416 e. The molecule has 1 unspecified atom stereocenters. The second kappa shape index (κ2) is 9.49. The minimum atomic E-state index is -4.51. The molecule has 3 aromatic rings. The van der Waals surface area contributed by atoms with Crippen LogP contribution in [-0.2, 0) is 17.4 Å². The van der Waals surface area contributed by atoms with E-state index < -0.39 is 29.2 Å². The molecule has 0 aromatic heterocycles. The number of halogens is 3. The molecule has 9 heteroatoms. The molecule has 0 spiro atoms. The van der Waals surface area contributed by atoms with Crippen LogP contribution in [-0.4, -0.2) is 22.9 Å². The molecule has 36 heavy (non-hydrogen) atoms. The lowest BCUT2D eigenvalue weighted by atomic mass is 9.78. The van der Waals surface area contributed by atoms with Gasteiger partial charge in [-0.1, -0.05) is 43.3 Å². The fourth-order valence-corrected chi connectivity index (χ4v) is 4.53. The number of amides is 2. The van der Waals surface area contributed by atoms with E-state index in [1.54, 1.807) is 36.4 Å². The summed E-state index contributed by atoms with van der Waals surface area (Å²) < 4.78 is 38.6. The van der Waals surface area contributed by atoms with Gasteiger partial charge in [0.2, 0.25) is 0 Å². The van der Waals surface area contributed by atoms with Gasteiger partial charge in [-0.15, -0.1) is 0 Å². The largest absolute Gasteiger partial charge is 0.481 e. The molecular formula is C27H23F3N2O4. The minimum absolute atomic E-state index is 0.0117. The average Bonchev–Trinajstić information content (AvgIpc) is 3.09. The fourth-order valence-electron chi connectivity index (χ4n) is 4.53. The number of carboxylic acids is 1. The van der Waals surface area contributed by atoms with Gasteiger partial charge in [-0.3, -0.25) is 9.59 Å². The van der Waals surface area contributed by atoms with Crippen LogP contribution < -0.4 is 10.6 Å². The highest BCUT2D eigenvalue weighted by Gasteiger charge is 2.45. The number of Topliss-reactive ketones (excluding diaryl/α,β-unsaturated/α-hetero) is 1. The summed E-state index contributed by atoms with van der Waals surface area (Å²) in [5.41, 5.74) is 1.68. The number of anilines is 2. The lowest BCUT2D eigenvalue weighted by molar-refractivity contribution is -0.139. The van der Waals surface area contributed by atoms with Gasteiger partial charge in [0.15, 0.2) is 5.78 Å². The molecule has 0 saturated heterocycles. The average molecular weight is 496 g/mol. The number of fused-ring (bicyclic) bond motifs is 1. The number of aliphatic carboxylic acids is 1. The number of hydrogen-bond acceptors (Lipinski definition) is 3. The molecule has 3 aromatic carbocycles. The summed E-state index contributed by atoms with van der Waals surface area (Å²) in [5.74, 6) is -1.14. The van der Waals surface area contributed by atoms with Gasteiger partial charge in [-0.2, -0.15) is 13.2 Å². The molecule has 0 radical (unpaired) electrons. The summed E-state index contributed by atoms with van der Waals surface area (Å²) in [6, 6.07) is 15.9. The van der Waals surface area contributed by atoms with Crippen molar-refractivity contribution in [1.29, 1.82) is 0 Å². The van der Waals surface area contributed by atoms with Crippen LogP contribution in [0.2, 0.25) is 0 Å². The third kappa shape index (κ3) is 5.10. The van der Waals surface area contributed by atoms with Crippen molar-refractivity contribution in [2.24, 2.45) is 5.41 Å². The molecule has 1 aliphatic rings. The summed E-state index contributed by atoms with van der Waals surface area (Å²) >= 11 is 0. The molecule has 186 valence electrons. The first-order valence-corrected chi connectivity index (χ1v) is 11.3. The van der Waals surface area contributed by atoms with Crippen LogP contribution >= 0.6 is 0 Å². The number of carbonyl (C=O) groups excluding carboxylic acids is 2. The Labute approximate surface area is 205 Å². The zero-order valence-electron chi connectivity index (χ0n) is 19.3. The third-order valence-corrected chi connectivity index (χ3v) is 6.45. The van der Waals surface area contributed by atoms with Gasteiger partial charge in [0.05, 0.1) is 12.0 Å². The van der Waals surface area contributed by atoms with Crippen molar-refractivity contribution in [3.8, 4) is 11.1 Å². The Bertz CT molecular complexity index is 1340. The molecule has 3 N–H and O–H groups in total. The summed E-state index contributed by atoms with van der Waals surface area (Å²) in [7, 11) is 0. The van der Waals surface area contributed by atoms with Crippen LogP contribution in [0.4, 0.5) is 29.3 Å². The molecule has 0 fully saturated rings. The summed E-state index contributed by atoms with van der Waals surface area (Å²) in [6.07, 6.45) is -3.92. The molecule has 0 aliphatic heterocycles. The molecular weight excluding hydrogens is 473 g/mol. The maximum atomic E-state index is 12.9. The first-order chi connectivity index (χ1) is 17.0. The monoisotopic (exact) mass is 496 g/mol. The van der Waals surface area contributed by atoms with Gasteiger partial charge in [-0.25, -0.2) is 4.79 Å². The van der Waals surface area contributed by atoms with Crippen LogP contribution in [0.1, 0.15) is 41.3 Å². The number of nitrogens with one attached hydrogen (secondary N) is 2. The van der Waals surface area contributed by atoms with E-state index in [1.807, 2.05) is 13.0 Å². The van der Waals surface area contributed by atoms with Gasteiger partial charge in [0.25, 0.3) is 0 Å². The quantitative estimate of drug-likeness (QED) is 0.357. The Hall–Kier alpha value is -4.14. The van der Waals surface area contributed by atoms with E-state index >= 15 is 0 Å². The van der Waals surface area contributed by atoms with Crippen LogP contribution in [0.15, 0.2) is 66.7 Å². The Morgan fingerprint density at radius 2 is 1.61 bits per heavy atom. The summed E-state index contributed by atoms with van der Waals surface area (Å²) in [4.78, 5) is 36.5. The normalized spacial score (nSPS) is 16.9. The van der Waals surface area contributed by atoms with Gasteiger partial charge in [0, 0.05) is 22.4 Å².